The Bertz CT molecular complexity index is 1020. The van der Waals surface area contributed by atoms with Crippen molar-refractivity contribution in [2.24, 2.45) is 0 Å². The largest absolute Gasteiger partial charge is 0.352 e. The quantitative estimate of drug-likeness (QED) is 0.497. The van der Waals surface area contributed by atoms with Gasteiger partial charge in [-0.3, -0.25) is 9.59 Å². The molecule has 0 radical (unpaired) electrons. The van der Waals surface area contributed by atoms with Gasteiger partial charge in [-0.05, 0) is 57.7 Å². The topological polar surface area (TPSA) is 92.7 Å². The summed E-state index contributed by atoms with van der Waals surface area (Å²) in [5.74, 6) is 1.01. The highest BCUT2D eigenvalue weighted by Crippen LogP contribution is 2.33. The van der Waals surface area contributed by atoms with Crippen LogP contribution in [0.5, 0.6) is 0 Å². The second-order valence-corrected chi connectivity index (χ2v) is 8.93. The van der Waals surface area contributed by atoms with Crippen LogP contribution in [0.1, 0.15) is 44.3 Å². The van der Waals surface area contributed by atoms with E-state index in [1.807, 2.05) is 19.2 Å². The molecule has 29 heavy (non-hydrogen) atoms. The molecule has 0 saturated heterocycles. The predicted octanol–water partition coefficient (Wildman–Crippen LogP) is 3.16. The third kappa shape index (κ3) is 4.53. The van der Waals surface area contributed by atoms with Crippen molar-refractivity contribution in [2.45, 2.75) is 62.0 Å². The first-order valence-electron chi connectivity index (χ1n) is 9.96. The molecule has 3 aliphatic rings. The molecule has 3 heterocycles. The van der Waals surface area contributed by atoms with Crippen molar-refractivity contribution in [3.63, 3.8) is 0 Å². The van der Waals surface area contributed by atoms with Crippen LogP contribution in [-0.4, -0.2) is 36.7 Å². The molecule has 1 aromatic rings. The summed E-state index contributed by atoms with van der Waals surface area (Å²) in [5.41, 5.74) is 1.61. The van der Waals surface area contributed by atoms with E-state index in [0.717, 1.165) is 37.1 Å². The number of pyridine rings is 1. The van der Waals surface area contributed by atoms with Gasteiger partial charge in [0.05, 0.1) is 5.25 Å². The maximum atomic E-state index is 12.6. The van der Waals surface area contributed by atoms with Crippen molar-refractivity contribution < 1.29 is 4.79 Å². The maximum absolute atomic E-state index is 12.6. The average Bonchev–Trinajstić information content (AvgIpc) is 3.16. The molecule has 1 saturated carbocycles. The lowest BCUT2D eigenvalue weighted by Crippen LogP contribution is -2.41. The molecule has 2 N–H and O–H groups in total. The number of aryl methyl sites for hydroxylation is 1. The molecular formula is C21H25N5O2S. The van der Waals surface area contributed by atoms with E-state index in [0.29, 0.717) is 16.9 Å². The molecule has 0 bridgehead atoms. The molecule has 1 amide bonds. The highest BCUT2D eigenvalue weighted by Gasteiger charge is 2.26. The van der Waals surface area contributed by atoms with Gasteiger partial charge in [0.2, 0.25) is 5.91 Å². The summed E-state index contributed by atoms with van der Waals surface area (Å²) < 4.78 is 2.27. The second-order valence-electron chi connectivity index (χ2n) is 7.61. The van der Waals surface area contributed by atoms with E-state index < -0.39 is 0 Å². The summed E-state index contributed by atoms with van der Waals surface area (Å²) in [6, 6.07) is 8.22. The highest BCUT2D eigenvalue weighted by molar-refractivity contribution is 8.00. The lowest BCUT2D eigenvalue weighted by Gasteiger charge is -2.32. The Kier molecular flexibility index (Phi) is 5.71. The Balaban J connectivity index is 1.31. The maximum Gasteiger partial charge on any atom is 0.251 e. The smallest absolute Gasteiger partial charge is 0.251 e. The summed E-state index contributed by atoms with van der Waals surface area (Å²) in [6.07, 6.45) is 7.86. The van der Waals surface area contributed by atoms with Crippen LogP contribution in [0.3, 0.4) is 0 Å². The molecule has 0 aromatic carbocycles. The number of hydrogen-bond donors (Lipinski definition) is 2. The van der Waals surface area contributed by atoms with Gasteiger partial charge in [0.25, 0.3) is 5.56 Å². The molecule has 1 fully saturated rings. The van der Waals surface area contributed by atoms with Crippen molar-refractivity contribution >= 4 is 17.7 Å². The molecule has 1 atom stereocenters. The van der Waals surface area contributed by atoms with Gasteiger partial charge in [0, 0.05) is 41.8 Å². The van der Waals surface area contributed by atoms with Gasteiger partial charge in [0.1, 0.15) is 5.82 Å². The number of carbonyl (C=O) groups is 1. The first-order chi connectivity index (χ1) is 14.0. The van der Waals surface area contributed by atoms with Crippen molar-refractivity contribution in [1.29, 1.82) is 0 Å². The lowest BCUT2D eigenvalue weighted by atomic mass is 9.90. The standard InChI is InChI=1S/C21H25N5O2S/c1-13-12-18(27)25-21(23-13)29-14(2)20(28)24-16-5-7-17(8-6-16)26-11-3-4-15-9-10-22-19(15)26/h3-4,9-12,14,16-17H,5-8H2,1-2H3,(H,24,28)(H,23,25,27). The normalized spacial score (nSPS) is 20.5. The van der Waals surface area contributed by atoms with E-state index in [-0.39, 0.29) is 22.8 Å². The zero-order valence-corrected chi connectivity index (χ0v) is 17.4. The van der Waals surface area contributed by atoms with E-state index >= 15 is 0 Å². The summed E-state index contributed by atoms with van der Waals surface area (Å²) in [6.45, 7) is 3.61. The van der Waals surface area contributed by atoms with Gasteiger partial charge in [-0.25, -0.2) is 9.97 Å². The molecule has 1 aliphatic carbocycles. The lowest BCUT2D eigenvalue weighted by molar-refractivity contribution is -0.121. The number of amides is 1. The minimum atomic E-state index is -0.325. The minimum Gasteiger partial charge on any atom is -0.352 e. The van der Waals surface area contributed by atoms with Crippen molar-refractivity contribution in [2.75, 3.05) is 0 Å². The van der Waals surface area contributed by atoms with E-state index in [1.165, 1.54) is 17.8 Å². The van der Waals surface area contributed by atoms with Crippen molar-refractivity contribution in [3.8, 4) is 11.4 Å². The van der Waals surface area contributed by atoms with Crippen LogP contribution in [0.2, 0.25) is 0 Å². The zero-order chi connectivity index (χ0) is 20.4. The van der Waals surface area contributed by atoms with E-state index in [9.17, 15) is 9.59 Å². The summed E-state index contributed by atoms with van der Waals surface area (Å²) in [4.78, 5) is 35.6. The number of fused-ring (bicyclic) bond motifs is 1. The minimum absolute atomic E-state index is 0.0185. The second kappa shape index (κ2) is 8.41. The summed E-state index contributed by atoms with van der Waals surface area (Å²) >= 11 is 1.28. The van der Waals surface area contributed by atoms with Gasteiger partial charge in [-0.2, -0.15) is 0 Å². The number of aromatic nitrogens is 4. The number of hydrogen-bond acceptors (Lipinski definition) is 5. The summed E-state index contributed by atoms with van der Waals surface area (Å²) in [5, 5.41) is 3.32. The Morgan fingerprint density at radius 3 is 2.86 bits per heavy atom. The molecular weight excluding hydrogens is 386 g/mol. The summed E-state index contributed by atoms with van der Waals surface area (Å²) in [7, 11) is 0. The fraction of sp³-hybridized carbons (Fsp3) is 0.429. The van der Waals surface area contributed by atoms with E-state index in [2.05, 4.69) is 43.2 Å². The van der Waals surface area contributed by atoms with Crippen molar-refractivity contribution in [3.05, 3.63) is 52.7 Å². The molecule has 1 aromatic heterocycles. The number of aromatic amines is 1. The monoisotopic (exact) mass is 411 g/mol. The fourth-order valence-electron chi connectivity index (χ4n) is 3.93. The molecule has 4 rings (SSSR count). The van der Waals surface area contributed by atoms with Crippen LogP contribution in [0.25, 0.3) is 11.4 Å². The molecule has 2 aliphatic heterocycles. The van der Waals surface area contributed by atoms with Crippen LogP contribution in [0.4, 0.5) is 0 Å². The van der Waals surface area contributed by atoms with Crippen LogP contribution in [0, 0.1) is 6.92 Å². The third-order valence-electron chi connectivity index (χ3n) is 5.42. The number of nitrogens with one attached hydrogen (secondary N) is 2. The molecule has 8 heteroatoms. The molecule has 1 unspecified atom stereocenters. The molecule has 7 nitrogen and oxygen atoms in total. The SMILES string of the molecule is Cc1cc(=O)[nH]c(SC(C)C(=O)NC2CCC(n3cccc4ccnc3-4)CC2)n1. The number of thioether (sulfide) groups is 1. The van der Waals surface area contributed by atoms with E-state index in [4.69, 9.17) is 0 Å². The van der Waals surface area contributed by atoms with Gasteiger partial charge in [0.15, 0.2) is 5.16 Å². The highest BCUT2D eigenvalue weighted by atomic mass is 32.2. The van der Waals surface area contributed by atoms with Crippen LogP contribution >= 0.6 is 11.8 Å². The van der Waals surface area contributed by atoms with E-state index in [1.54, 1.807) is 6.92 Å². The number of H-pyrrole nitrogens is 1. The van der Waals surface area contributed by atoms with Gasteiger partial charge < -0.3 is 14.9 Å². The van der Waals surface area contributed by atoms with Crippen molar-refractivity contribution in [1.82, 2.24) is 24.8 Å². The number of nitrogens with zero attached hydrogens (tertiary/aromatic N) is 3. The first kappa shape index (κ1) is 19.7. The Hall–Kier alpha value is -2.61. The van der Waals surface area contributed by atoms with Crippen LogP contribution in [0.15, 0.2) is 46.6 Å². The third-order valence-corrected chi connectivity index (χ3v) is 6.40. The zero-order valence-electron chi connectivity index (χ0n) is 16.6. The molecule has 0 spiro atoms. The van der Waals surface area contributed by atoms with Crippen LogP contribution < -0.4 is 10.9 Å². The van der Waals surface area contributed by atoms with Crippen LogP contribution in [-0.2, 0) is 4.79 Å². The Morgan fingerprint density at radius 1 is 1.31 bits per heavy atom. The Morgan fingerprint density at radius 2 is 2.10 bits per heavy atom. The van der Waals surface area contributed by atoms with Gasteiger partial charge in [-0.15, -0.1) is 0 Å². The predicted molar refractivity (Wildman–Crippen MR) is 113 cm³/mol. The number of rotatable bonds is 5. The average molecular weight is 412 g/mol. The first-order valence-corrected chi connectivity index (χ1v) is 10.8. The van der Waals surface area contributed by atoms with Gasteiger partial charge in [-0.1, -0.05) is 11.8 Å². The van der Waals surface area contributed by atoms with Gasteiger partial charge >= 0.3 is 0 Å². The number of carbonyl (C=O) groups excluding carboxylic acids is 1. The molecule has 152 valence electrons. The Labute approximate surface area is 173 Å². The fourth-order valence-corrected chi connectivity index (χ4v) is 4.80.